The Hall–Kier alpha value is -3.45. The zero-order valence-corrected chi connectivity index (χ0v) is 16.7. The molecular formula is C23H15ClF3N3O. The average molecular weight is 442 g/mol. The Bertz CT molecular complexity index is 1300. The van der Waals surface area contributed by atoms with Gasteiger partial charge in [-0.1, -0.05) is 23.7 Å². The van der Waals surface area contributed by atoms with Gasteiger partial charge >= 0.3 is 6.61 Å². The van der Waals surface area contributed by atoms with Crippen molar-refractivity contribution in [3.63, 3.8) is 0 Å². The second-order valence-electron chi connectivity index (χ2n) is 7.01. The smallest absolute Gasteiger partial charge is 0.387 e. The summed E-state index contributed by atoms with van der Waals surface area (Å²) in [7, 11) is 0. The maximum Gasteiger partial charge on any atom is 0.387 e. The summed E-state index contributed by atoms with van der Waals surface area (Å²) in [4.78, 5) is 4.65. The number of rotatable bonds is 4. The number of nitrogens with one attached hydrogen (secondary N) is 1. The normalized spacial score (nSPS) is 15.5. The summed E-state index contributed by atoms with van der Waals surface area (Å²) in [5.41, 5.74) is 3.40. The molecule has 0 bridgehead atoms. The van der Waals surface area contributed by atoms with Gasteiger partial charge in [0.1, 0.15) is 11.6 Å². The molecule has 1 aliphatic heterocycles. The molecule has 2 heterocycles. The minimum atomic E-state index is -2.99. The molecule has 4 aromatic rings. The van der Waals surface area contributed by atoms with Crippen molar-refractivity contribution in [1.29, 1.82) is 0 Å². The number of hydrogen-bond donors (Lipinski definition) is 1. The van der Waals surface area contributed by atoms with E-state index in [1.807, 2.05) is 34.9 Å². The van der Waals surface area contributed by atoms with E-state index in [1.165, 1.54) is 24.3 Å². The molecule has 1 unspecified atom stereocenters. The second-order valence-corrected chi connectivity index (χ2v) is 7.45. The van der Waals surface area contributed by atoms with Gasteiger partial charge in [-0.15, -0.1) is 0 Å². The Balaban J connectivity index is 1.74. The van der Waals surface area contributed by atoms with Gasteiger partial charge in [0, 0.05) is 16.3 Å². The second kappa shape index (κ2) is 7.67. The molecule has 5 rings (SSSR count). The van der Waals surface area contributed by atoms with Crippen molar-refractivity contribution in [2.75, 3.05) is 5.32 Å². The van der Waals surface area contributed by atoms with Gasteiger partial charge in [0.05, 0.1) is 17.1 Å². The zero-order chi connectivity index (χ0) is 21.5. The van der Waals surface area contributed by atoms with E-state index < -0.39 is 12.7 Å². The molecule has 0 spiro atoms. The Morgan fingerprint density at radius 2 is 1.81 bits per heavy atom. The van der Waals surface area contributed by atoms with Gasteiger partial charge in [0.15, 0.2) is 0 Å². The van der Waals surface area contributed by atoms with E-state index in [4.69, 9.17) is 16.3 Å². The van der Waals surface area contributed by atoms with Crippen LogP contribution >= 0.6 is 11.6 Å². The fraction of sp³-hybridized carbons (Fsp3) is 0.0870. The van der Waals surface area contributed by atoms with Crippen molar-refractivity contribution in [3.8, 4) is 5.75 Å². The molecule has 0 saturated heterocycles. The maximum absolute atomic E-state index is 13.4. The number of anilines is 1. The fourth-order valence-corrected chi connectivity index (χ4v) is 3.97. The SMILES string of the molecule is Fc1ccc(C2=CC(c3cc(Cl)ccc3OC(F)F)n3c(nc4ccccc43)N2)cc1. The molecule has 1 aliphatic rings. The van der Waals surface area contributed by atoms with Crippen molar-refractivity contribution in [1.82, 2.24) is 9.55 Å². The number of hydrogen-bond acceptors (Lipinski definition) is 3. The topological polar surface area (TPSA) is 39.1 Å². The quantitative estimate of drug-likeness (QED) is 0.393. The van der Waals surface area contributed by atoms with Crippen molar-refractivity contribution < 1.29 is 17.9 Å². The van der Waals surface area contributed by atoms with Gasteiger partial charge in [0.25, 0.3) is 0 Å². The highest BCUT2D eigenvalue weighted by molar-refractivity contribution is 6.30. The molecule has 156 valence electrons. The van der Waals surface area contributed by atoms with Crippen LogP contribution in [-0.4, -0.2) is 16.2 Å². The lowest BCUT2D eigenvalue weighted by Crippen LogP contribution is -2.20. The van der Waals surface area contributed by atoms with Crippen LogP contribution in [-0.2, 0) is 0 Å². The Morgan fingerprint density at radius 1 is 1.03 bits per heavy atom. The third kappa shape index (κ3) is 3.61. The van der Waals surface area contributed by atoms with Crippen LogP contribution in [0.3, 0.4) is 0 Å². The summed E-state index contributed by atoms with van der Waals surface area (Å²) < 4.78 is 46.3. The third-order valence-corrected chi connectivity index (χ3v) is 5.34. The number of aromatic nitrogens is 2. The van der Waals surface area contributed by atoms with Crippen molar-refractivity contribution in [2.24, 2.45) is 0 Å². The number of para-hydroxylation sites is 2. The summed E-state index contributed by atoms with van der Waals surface area (Å²) in [6.45, 7) is -2.99. The molecular weight excluding hydrogens is 427 g/mol. The highest BCUT2D eigenvalue weighted by Crippen LogP contribution is 2.41. The first-order valence-corrected chi connectivity index (χ1v) is 9.83. The predicted octanol–water partition coefficient (Wildman–Crippen LogP) is 6.49. The van der Waals surface area contributed by atoms with Gasteiger partial charge in [-0.25, -0.2) is 9.37 Å². The Kier molecular flexibility index (Phi) is 4.82. The van der Waals surface area contributed by atoms with Crippen molar-refractivity contribution in [3.05, 3.63) is 94.8 Å². The van der Waals surface area contributed by atoms with Gasteiger partial charge in [-0.2, -0.15) is 8.78 Å². The minimum absolute atomic E-state index is 0.0183. The number of benzene rings is 3. The fourth-order valence-electron chi connectivity index (χ4n) is 3.79. The number of alkyl halides is 2. The van der Waals surface area contributed by atoms with Crippen molar-refractivity contribution in [2.45, 2.75) is 12.7 Å². The minimum Gasteiger partial charge on any atom is -0.434 e. The van der Waals surface area contributed by atoms with E-state index >= 15 is 0 Å². The summed E-state index contributed by atoms with van der Waals surface area (Å²) in [6, 6.07) is 17.5. The van der Waals surface area contributed by atoms with Crippen LogP contribution < -0.4 is 10.1 Å². The van der Waals surface area contributed by atoms with Crippen LogP contribution in [0.2, 0.25) is 5.02 Å². The molecule has 1 N–H and O–H groups in total. The van der Waals surface area contributed by atoms with E-state index in [-0.39, 0.29) is 11.6 Å². The molecule has 3 aromatic carbocycles. The lowest BCUT2D eigenvalue weighted by Gasteiger charge is -2.28. The number of imidazole rings is 1. The summed E-state index contributed by atoms with van der Waals surface area (Å²) in [5.74, 6) is 0.187. The molecule has 0 aliphatic carbocycles. The molecule has 0 fully saturated rings. The van der Waals surface area contributed by atoms with Crippen LogP contribution in [0.25, 0.3) is 16.7 Å². The standard InChI is InChI=1S/C23H15ClF3N3O/c24-14-7-10-21(31-22(26)27)16(11-14)20-12-18(13-5-8-15(25)9-6-13)29-23-28-17-3-1-2-4-19(17)30(20)23/h1-12,20,22H,(H,28,29). The van der Waals surface area contributed by atoms with E-state index in [1.54, 1.807) is 18.2 Å². The number of nitrogens with zero attached hydrogens (tertiary/aromatic N) is 2. The van der Waals surface area contributed by atoms with Gasteiger partial charge in [-0.05, 0) is 66.2 Å². The predicted molar refractivity (Wildman–Crippen MR) is 114 cm³/mol. The molecule has 8 heteroatoms. The van der Waals surface area contributed by atoms with Crippen LogP contribution in [0.1, 0.15) is 17.2 Å². The third-order valence-electron chi connectivity index (χ3n) is 5.11. The summed E-state index contributed by atoms with van der Waals surface area (Å²) in [6.07, 6.45) is 1.86. The molecule has 0 radical (unpaired) electrons. The molecule has 4 nitrogen and oxygen atoms in total. The number of fused-ring (bicyclic) bond motifs is 3. The summed E-state index contributed by atoms with van der Waals surface area (Å²) >= 11 is 6.22. The van der Waals surface area contributed by atoms with Crippen molar-refractivity contribution >= 4 is 34.3 Å². The average Bonchev–Trinajstić information content (AvgIpc) is 3.13. The molecule has 0 amide bonds. The van der Waals surface area contributed by atoms with E-state index in [9.17, 15) is 13.2 Å². The first kappa shape index (κ1) is 19.5. The summed E-state index contributed by atoms with van der Waals surface area (Å²) in [5, 5.41) is 3.65. The van der Waals surface area contributed by atoms with Gasteiger partial charge in [-0.3, -0.25) is 4.57 Å². The first-order valence-electron chi connectivity index (χ1n) is 9.45. The van der Waals surface area contributed by atoms with Crippen LogP contribution in [0.5, 0.6) is 5.75 Å². The first-order chi connectivity index (χ1) is 15.0. The molecule has 0 saturated carbocycles. The number of allylic oxidation sites excluding steroid dienone is 1. The Labute approximate surface area is 180 Å². The highest BCUT2D eigenvalue weighted by Gasteiger charge is 2.28. The highest BCUT2D eigenvalue weighted by atomic mass is 35.5. The van der Waals surface area contributed by atoms with Crippen LogP contribution in [0.4, 0.5) is 19.1 Å². The van der Waals surface area contributed by atoms with E-state index in [0.717, 1.165) is 16.6 Å². The number of ether oxygens (including phenoxy) is 1. The Morgan fingerprint density at radius 3 is 2.58 bits per heavy atom. The van der Waals surface area contributed by atoms with E-state index in [0.29, 0.717) is 22.2 Å². The molecule has 31 heavy (non-hydrogen) atoms. The monoisotopic (exact) mass is 441 g/mol. The lowest BCUT2D eigenvalue weighted by molar-refractivity contribution is -0.0505. The molecule has 1 aromatic heterocycles. The van der Waals surface area contributed by atoms with Gasteiger partial charge in [0.2, 0.25) is 5.95 Å². The van der Waals surface area contributed by atoms with Gasteiger partial charge < -0.3 is 10.1 Å². The largest absolute Gasteiger partial charge is 0.434 e. The van der Waals surface area contributed by atoms with E-state index in [2.05, 4.69) is 10.3 Å². The lowest BCUT2D eigenvalue weighted by atomic mass is 10.00. The molecule has 1 atom stereocenters. The zero-order valence-electron chi connectivity index (χ0n) is 15.9. The van der Waals surface area contributed by atoms with Crippen LogP contribution in [0.15, 0.2) is 72.8 Å². The number of halogens is 4. The maximum atomic E-state index is 13.4. The van der Waals surface area contributed by atoms with Crippen LogP contribution in [0, 0.1) is 5.82 Å².